The molecule has 2 aromatic heterocycles. The highest BCUT2D eigenvalue weighted by Gasteiger charge is 2.47. The van der Waals surface area contributed by atoms with Gasteiger partial charge in [0.1, 0.15) is 17.2 Å². The summed E-state index contributed by atoms with van der Waals surface area (Å²) in [7, 11) is 0. The predicted octanol–water partition coefficient (Wildman–Crippen LogP) is 4.35. The van der Waals surface area contributed by atoms with Gasteiger partial charge in [-0.15, -0.1) is 0 Å². The quantitative estimate of drug-likeness (QED) is 0.440. The predicted molar refractivity (Wildman–Crippen MR) is 112 cm³/mol. The zero-order valence-electron chi connectivity index (χ0n) is 16.7. The van der Waals surface area contributed by atoms with E-state index in [-0.39, 0.29) is 24.3 Å². The number of hydrogen-bond donors (Lipinski definition) is 3. The topological polar surface area (TPSA) is 87.6 Å². The van der Waals surface area contributed by atoms with Gasteiger partial charge in [0.05, 0.1) is 29.8 Å². The smallest absolute Gasteiger partial charge is 0.363 e. The first kappa shape index (κ1) is 20.1. The Labute approximate surface area is 180 Å². The highest BCUT2D eigenvalue weighted by molar-refractivity contribution is 5.98. The van der Waals surface area contributed by atoms with Gasteiger partial charge in [0.15, 0.2) is 6.04 Å². The van der Waals surface area contributed by atoms with Crippen molar-refractivity contribution in [2.75, 3.05) is 5.32 Å². The summed E-state index contributed by atoms with van der Waals surface area (Å²) in [6, 6.07) is 13.9. The molecule has 7 nitrogen and oxygen atoms in total. The Balaban J connectivity index is 1.41. The SMILES string of the molecule is O=C(NCc1nc2ccccc2[nH]1)c1cnn2c1NC(c1ccccc1)CC2C(F)(F)F. The third-order valence-corrected chi connectivity index (χ3v) is 5.54. The van der Waals surface area contributed by atoms with E-state index in [1.54, 1.807) is 30.3 Å². The van der Waals surface area contributed by atoms with Gasteiger partial charge in [-0.05, 0) is 17.7 Å². The summed E-state index contributed by atoms with van der Waals surface area (Å²) in [6.45, 7) is 0.100. The first-order valence-electron chi connectivity index (χ1n) is 10.1. The van der Waals surface area contributed by atoms with E-state index in [9.17, 15) is 18.0 Å². The molecule has 0 bridgehead atoms. The number of imidazole rings is 1. The van der Waals surface area contributed by atoms with E-state index in [0.717, 1.165) is 15.7 Å². The van der Waals surface area contributed by atoms with Crippen molar-refractivity contribution in [3.63, 3.8) is 0 Å². The highest BCUT2D eigenvalue weighted by Crippen LogP contribution is 2.44. The van der Waals surface area contributed by atoms with Crippen molar-refractivity contribution in [2.24, 2.45) is 0 Å². The first-order valence-corrected chi connectivity index (χ1v) is 10.1. The molecule has 10 heteroatoms. The number of anilines is 1. The molecule has 3 N–H and O–H groups in total. The number of fused-ring (bicyclic) bond motifs is 2. The Morgan fingerprint density at radius 2 is 1.88 bits per heavy atom. The summed E-state index contributed by atoms with van der Waals surface area (Å²) in [4.78, 5) is 20.3. The molecule has 0 saturated heterocycles. The number of rotatable bonds is 4. The molecule has 1 aliphatic rings. The number of halogens is 3. The van der Waals surface area contributed by atoms with E-state index in [2.05, 4.69) is 25.7 Å². The fraction of sp³-hybridized carbons (Fsp3) is 0.227. The molecule has 32 heavy (non-hydrogen) atoms. The second-order valence-corrected chi connectivity index (χ2v) is 7.64. The standard InChI is InChI=1S/C22H19F3N6O/c23-22(24,25)18-10-17(13-6-2-1-3-7-13)30-20-14(11-27-31(18)20)21(32)26-12-19-28-15-8-4-5-9-16(15)29-19/h1-9,11,17-18,30H,10,12H2,(H,26,32)(H,28,29). The van der Waals surface area contributed by atoms with Gasteiger partial charge >= 0.3 is 6.18 Å². The van der Waals surface area contributed by atoms with Crippen molar-refractivity contribution in [3.05, 3.63) is 77.7 Å². The number of benzene rings is 2. The van der Waals surface area contributed by atoms with Gasteiger partial charge < -0.3 is 15.6 Å². The van der Waals surface area contributed by atoms with Gasteiger partial charge in [-0.25, -0.2) is 9.67 Å². The van der Waals surface area contributed by atoms with Gasteiger partial charge in [-0.2, -0.15) is 18.3 Å². The maximum atomic E-state index is 13.8. The number of aromatic amines is 1. The Hall–Kier alpha value is -3.82. The third-order valence-electron chi connectivity index (χ3n) is 5.54. The molecule has 0 aliphatic carbocycles. The third kappa shape index (κ3) is 3.68. The zero-order chi connectivity index (χ0) is 22.3. The van der Waals surface area contributed by atoms with E-state index < -0.39 is 24.2 Å². The van der Waals surface area contributed by atoms with Crippen molar-refractivity contribution in [2.45, 2.75) is 31.2 Å². The Bertz CT molecular complexity index is 1230. The fourth-order valence-electron chi connectivity index (χ4n) is 3.98. The number of amides is 1. The number of nitrogens with one attached hydrogen (secondary N) is 3. The minimum absolute atomic E-state index is 0.0505. The Morgan fingerprint density at radius 3 is 2.62 bits per heavy atom. The number of aromatic nitrogens is 4. The van der Waals surface area contributed by atoms with E-state index in [0.29, 0.717) is 11.4 Å². The summed E-state index contributed by atoms with van der Waals surface area (Å²) < 4.78 is 42.2. The van der Waals surface area contributed by atoms with E-state index in [1.807, 2.05) is 24.3 Å². The van der Waals surface area contributed by atoms with Crippen LogP contribution < -0.4 is 10.6 Å². The van der Waals surface area contributed by atoms with Crippen LogP contribution in [0.25, 0.3) is 11.0 Å². The van der Waals surface area contributed by atoms with Crippen LogP contribution in [0.4, 0.5) is 19.0 Å². The molecule has 2 aromatic carbocycles. The molecule has 1 aliphatic heterocycles. The van der Waals surface area contributed by atoms with Crippen LogP contribution in [0.15, 0.2) is 60.8 Å². The van der Waals surface area contributed by atoms with Gasteiger partial charge in [0, 0.05) is 6.42 Å². The van der Waals surface area contributed by atoms with Crippen LogP contribution in [0.3, 0.4) is 0 Å². The molecule has 0 fully saturated rings. The fourth-order valence-corrected chi connectivity index (χ4v) is 3.98. The number of carbonyl (C=O) groups is 1. The van der Waals surface area contributed by atoms with Crippen LogP contribution in [-0.2, 0) is 6.54 Å². The highest BCUT2D eigenvalue weighted by atomic mass is 19.4. The second kappa shape index (κ2) is 7.70. The largest absolute Gasteiger partial charge is 0.410 e. The molecule has 0 spiro atoms. The minimum atomic E-state index is -4.50. The molecule has 2 unspecified atom stereocenters. The molecule has 5 rings (SSSR count). The lowest BCUT2D eigenvalue weighted by molar-refractivity contribution is -0.173. The van der Waals surface area contributed by atoms with E-state index >= 15 is 0 Å². The van der Waals surface area contributed by atoms with Crippen molar-refractivity contribution < 1.29 is 18.0 Å². The van der Waals surface area contributed by atoms with E-state index in [1.165, 1.54) is 6.20 Å². The Morgan fingerprint density at radius 1 is 1.12 bits per heavy atom. The number of para-hydroxylation sites is 2. The van der Waals surface area contributed by atoms with Crippen molar-refractivity contribution in [1.82, 2.24) is 25.1 Å². The van der Waals surface area contributed by atoms with Gasteiger partial charge in [-0.1, -0.05) is 42.5 Å². The van der Waals surface area contributed by atoms with Crippen molar-refractivity contribution in [1.29, 1.82) is 0 Å². The summed E-state index contributed by atoms with van der Waals surface area (Å²) in [5.41, 5.74) is 2.36. The molecular weight excluding hydrogens is 421 g/mol. The summed E-state index contributed by atoms with van der Waals surface area (Å²) >= 11 is 0. The second-order valence-electron chi connectivity index (χ2n) is 7.64. The summed E-state index contributed by atoms with van der Waals surface area (Å²) in [5.74, 6) is 0.0623. The molecule has 164 valence electrons. The van der Waals surface area contributed by atoms with Gasteiger partial charge in [0.25, 0.3) is 5.91 Å². The molecule has 4 aromatic rings. The summed E-state index contributed by atoms with van der Waals surface area (Å²) in [5, 5.41) is 9.69. The van der Waals surface area contributed by atoms with Crippen LogP contribution >= 0.6 is 0 Å². The maximum absolute atomic E-state index is 13.8. The zero-order valence-corrected chi connectivity index (χ0v) is 16.7. The molecule has 2 atom stereocenters. The molecule has 0 radical (unpaired) electrons. The van der Waals surface area contributed by atoms with Crippen molar-refractivity contribution >= 4 is 22.8 Å². The number of nitrogens with zero attached hydrogens (tertiary/aromatic N) is 3. The van der Waals surface area contributed by atoms with E-state index in [4.69, 9.17) is 0 Å². The number of alkyl halides is 3. The number of carbonyl (C=O) groups excluding carboxylic acids is 1. The van der Waals surface area contributed by atoms with Crippen LogP contribution in [0, 0.1) is 0 Å². The normalized spacial score (nSPS) is 18.2. The van der Waals surface area contributed by atoms with Gasteiger partial charge in [-0.3, -0.25) is 4.79 Å². The van der Waals surface area contributed by atoms with Crippen LogP contribution in [0.2, 0.25) is 0 Å². The Kier molecular flexibility index (Phi) is 4.84. The number of hydrogen-bond acceptors (Lipinski definition) is 4. The van der Waals surface area contributed by atoms with Gasteiger partial charge in [0.2, 0.25) is 0 Å². The first-order chi connectivity index (χ1) is 15.4. The molecule has 1 amide bonds. The van der Waals surface area contributed by atoms with Crippen LogP contribution in [0.5, 0.6) is 0 Å². The molecular formula is C22H19F3N6O. The number of H-pyrrole nitrogens is 1. The molecule has 3 heterocycles. The minimum Gasteiger partial charge on any atom is -0.363 e. The lowest BCUT2D eigenvalue weighted by atomic mass is 9.96. The maximum Gasteiger partial charge on any atom is 0.410 e. The lowest BCUT2D eigenvalue weighted by Gasteiger charge is -2.34. The molecule has 0 saturated carbocycles. The monoisotopic (exact) mass is 440 g/mol. The lowest BCUT2D eigenvalue weighted by Crippen LogP contribution is -2.36. The summed E-state index contributed by atoms with van der Waals surface area (Å²) in [6.07, 6.45) is -3.55. The average molecular weight is 440 g/mol. The van der Waals surface area contributed by atoms with Crippen molar-refractivity contribution in [3.8, 4) is 0 Å². The van der Waals surface area contributed by atoms with Crippen LogP contribution in [0.1, 0.15) is 40.3 Å². The average Bonchev–Trinajstić information content (AvgIpc) is 3.40. The van der Waals surface area contributed by atoms with Crippen LogP contribution in [-0.4, -0.2) is 31.8 Å².